The van der Waals surface area contributed by atoms with Crippen LogP contribution < -0.4 is 4.74 Å². The third-order valence-corrected chi connectivity index (χ3v) is 9.35. The van der Waals surface area contributed by atoms with E-state index in [1.54, 1.807) is 13.1 Å². The highest BCUT2D eigenvalue weighted by Crippen LogP contribution is 2.66. The highest BCUT2D eigenvalue weighted by atomic mass is 19.4. The third kappa shape index (κ3) is 3.26. The summed E-state index contributed by atoms with van der Waals surface area (Å²) in [6, 6.07) is 7.35. The van der Waals surface area contributed by atoms with E-state index in [-0.39, 0.29) is 17.7 Å². The Morgan fingerprint density at radius 3 is 2.61 bits per heavy atom. The largest absolute Gasteiger partial charge is 0.504 e. The van der Waals surface area contributed by atoms with Crippen LogP contribution in [0.15, 0.2) is 36.4 Å². The minimum Gasteiger partial charge on any atom is -0.504 e. The van der Waals surface area contributed by atoms with Gasteiger partial charge in [-0.15, -0.1) is 0 Å². The van der Waals surface area contributed by atoms with Gasteiger partial charge < -0.3 is 24.7 Å². The number of likely N-dealkylation sites (N-methyl/N-ethyl adjacent to an activating group) is 2. The molecule has 2 aliphatic carbocycles. The minimum absolute atomic E-state index is 0.0229. The van der Waals surface area contributed by atoms with E-state index < -0.39 is 40.8 Å². The van der Waals surface area contributed by atoms with Crippen LogP contribution in [-0.4, -0.2) is 70.3 Å². The van der Waals surface area contributed by atoms with Crippen molar-refractivity contribution < 1.29 is 32.9 Å². The second-order valence-corrected chi connectivity index (χ2v) is 11.2. The first-order valence-electron chi connectivity index (χ1n) is 12.8. The summed E-state index contributed by atoms with van der Waals surface area (Å²) in [6.45, 7) is 2.73. The summed E-state index contributed by atoms with van der Waals surface area (Å²) < 4.78 is 45.1. The maximum Gasteiger partial charge on any atom is 0.416 e. The van der Waals surface area contributed by atoms with Gasteiger partial charge in [0.15, 0.2) is 11.5 Å². The molecule has 0 aromatic heterocycles. The number of rotatable bonds is 1. The van der Waals surface area contributed by atoms with Crippen LogP contribution in [0.25, 0.3) is 0 Å². The number of carbonyl (C=O) groups is 1. The molecule has 2 aliphatic heterocycles. The van der Waals surface area contributed by atoms with Crippen molar-refractivity contribution in [3.8, 4) is 23.3 Å². The summed E-state index contributed by atoms with van der Waals surface area (Å²) in [5.74, 6) is 5.03. The molecule has 4 aliphatic rings. The normalized spacial score (nSPS) is 33.0. The van der Waals surface area contributed by atoms with Gasteiger partial charge in [0.1, 0.15) is 6.10 Å². The number of halogens is 3. The van der Waals surface area contributed by atoms with Gasteiger partial charge in [-0.25, -0.2) is 0 Å². The molecule has 2 fully saturated rings. The van der Waals surface area contributed by atoms with Crippen molar-refractivity contribution >= 4 is 5.91 Å². The molecular weight excluding hydrogens is 497 g/mol. The first kappa shape index (κ1) is 25.1. The molecule has 2 heterocycles. The fourth-order valence-electron chi connectivity index (χ4n) is 7.68. The Hall–Kier alpha value is -3.22. The molecule has 0 unspecified atom stereocenters. The fraction of sp³-hybridized carbons (Fsp3) is 0.483. The number of piperidine rings is 1. The van der Waals surface area contributed by atoms with Crippen LogP contribution in [0, 0.1) is 17.8 Å². The van der Waals surface area contributed by atoms with Crippen LogP contribution in [0.2, 0.25) is 0 Å². The van der Waals surface area contributed by atoms with Gasteiger partial charge in [0.2, 0.25) is 0 Å². The van der Waals surface area contributed by atoms with Gasteiger partial charge in [-0.1, -0.05) is 18.9 Å². The van der Waals surface area contributed by atoms with Crippen molar-refractivity contribution in [2.24, 2.45) is 5.92 Å². The monoisotopic (exact) mass is 526 g/mol. The number of phenols is 1. The van der Waals surface area contributed by atoms with E-state index in [1.807, 2.05) is 20.0 Å². The molecule has 1 amide bonds. The Balaban J connectivity index is 1.36. The Morgan fingerprint density at radius 1 is 1.21 bits per heavy atom. The quantitative estimate of drug-likeness (QED) is 0.558. The van der Waals surface area contributed by atoms with E-state index in [9.17, 15) is 28.2 Å². The van der Waals surface area contributed by atoms with E-state index in [0.29, 0.717) is 30.6 Å². The molecule has 6 nitrogen and oxygen atoms in total. The number of ether oxygens (including phenoxy) is 1. The second kappa shape index (κ2) is 8.14. The van der Waals surface area contributed by atoms with Crippen molar-refractivity contribution in [1.82, 2.24) is 9.80 Å². The van der Waals surface area contributed by atoms with Crippen LogP contribution in [0.3, 0.4) is 0 Å². The molecule has 6 atom stereocenters. The van der Waals surface area contributed by atoms with Crippen molar-refractivity contribution in [3.63, 3.8) is 0 Å². The Bertz CT molecular complexity index is 1380. The maximum absolute atomic E-state index is 13.3. The first-order valence-corrected chi connectivity index (χ1v) is 12.8. The lowest BCUT2D eigenvalue weighted by atomic mass is 9.47. The maximum atomic E-state index is 13.3. The van der Waals surface area contributed by atoms with Crippen LogP contribution in [0.1, 0.15) is 42.0 Å². The van der Waals surface area contributed by atoms with Crippen molar-refractivity contribution in [2.45, 2.75) is 61.6 Å². The number of hydrogen-bond acceptors (Lipinski definition) is 5. The summed E-state index contributed by atoms with van der Waals surface area (Å²) in [5.41, 5.74) is -0.442. The van der Waals surface area contributed by atoms with E-state index in [2.05, 4.69) is 16.7 Å². The summed E-state index contributed by atoms with van der Waals surface area (Å²) in [4.78, 5) is 17.0. The van der Waals surface area contributed by atoms with Crippen LogP contribution in [-0.2, 0) is 22.8 Å². The number of hydrogen-bond donors (Lipinski definition) is 2. The second-order valence-electron chi connectivity index (χ2n) is 11.2. The zero-order valence-corrected chi connectivity index (χ0v) is 21.3. The van der Waals surface area contributed by atoms with E-state index in [1.165, 1.54) is 17.0 Å². The molecule has 9 heteroatoms. The molecule has 2 aromatic rings. The predicted octanol–water partition coefficient (Wildman–Crippen LogP) is 3.32. The fourth-order valence-corrected chi connectivity index (χ4v) is 7.68. The number of likely N-dealkylation sites (tertiary alicyclic amines) is 1. The lowest BCUT2D eigenvalue weighted by molar-refractivity contribution is -0.208. The minimum atomic E-state index is -4.44. The van der Waals surface area contributed by atoms with E-state index >= 15 is 0 Å². The van der Waals surface area contributed by atoms with Crippen molar-refractivity contribution in [2.75, 3.05) is 20.6 Å². The van der Waals surface area contributed by atoms with Gasteiger partial charge in [-0.2, -0.15) is 13.2 Å². The number of alkyl halides is 3. The van der Waals surface area contributed by atoms with E-state index in [4.69, 9.17) is 4.74 Å². The molecule has 0 radical (unpaired) electrons. The molecule has 2 N–H and O–H groups in total. The molecule has 38 heavy (non-hydrogen) atoms. The molecular formula is C29H29F3N2O4. The first-order chi connectivity index (χ1) is 17.9. The number of nitrogens with zero attached hydrogens (tertiary/aromatic N) is 2. The Kier molecular flexibility index (Phi) is 5.37. The molecule has 1 saturated heterocycles. The Morgan fingerprint density at radius 2 is 1.92 bits per heavy atom. The molecule has 1 saturated carbocycles. The number of phenolic OH excluding ortho intramolecular Hbond substituents is 1. The van der Waals surface area contributed by atoms with Crippen LogP contribution in [0.5, 0.6) is 11.5 Å². The van der Waals surface area contributed by atoms with Crippen molar-refractivity contribution in [3.05, 3.63) is 58.7 Å². The topological polar surface area (TPSA) is 73.2 Å². The van der Waals surface area contributed by atoms with Gasteiger partial charge in [0, 0.05) is 30.1 Å². The average Bonchev–Trinajstić information content (AvgIpc) is 3.21. The number of carbonyl (C=O) groups excluding carboxylic acids is 1. The summed E-state index contributed by atoms with van der Waals surface area (Å²) >= 11 is 0. The summed E-state index contributed by atoms with van der Waals surface area (Å²) in [7, 11) is 3.67. The van der Waals surface area contributed by atoms with Gasteiger partial charge >= 0.3 is 6.18 Å². The van der Waals surface area contributed by atoms with Gasteiger partial charge in [-0.05, 0) is 74.7 Å². The molecule has 200 valence electrons. The molecule has 1 spiro atoms. The number of aliphatic hydroxyl groups is 1. The highest BCUT2D eigenvalue weighted by molar-refractivity contribution is 5.94. The smallest absolute Gasteiger partial charge is 0.416 e. The number of amides is 1. The van der Waals surface area contributed by atoms with Gasteiger partial charge in [0.05, 0.1) is 22.6 Å². The SMILES string of the molecule is C[C@H]1C[C@@]2(O)[C@H]3Cc4ccc(O)c5c4[C@@]2(CCN3C)[C@@H](O5)[C@@H]1N(C)C(=O)C#Cc1ccc(C(F)(F)F)cc1. The number of aromatic hydroxyl groups is 1. The zero-order chi connectivity index (χ0) is 27.2. The summed E-state index contributed by atoms with van der Waals surface area (Å²) in [6.07, 6.45) is -3.31. The number of benzene rings is 2. The van der Waals surface area contributed by atoms with Crippen LogP contribution >= 0.6 is 0 Å². The lowest BCUT2D eigenvalue weighted by Gasteiger charge is -2.65. The predicted molar refractivity (Wildman–Crippen MR) is 133 cm³/mol. The third-order valence-electron chi connectivity index (χ3n) is 9.35. The van der Waals surface area contributed by atoms with Gasteiger partial charge in [0.25, 0.3) is 5.91 Å². The Labute approximate surface area is 219 Å². The molecule has 6 rings (SSSR count). The van der Waals surface area contributed by atoms with Crippen LogP contribution in [0.4, 0.5) is 13.2 Å². The standard InChI is InChI=1S/C29H29F3N2O4/c1-16-15-28(37)21-14-18-7-10-20(35)25-23(18)27(28,12-13-33(21)2)26(38-25)24(16)34(3)22(36)11-6-17-4-8-19(9-5-17)29(30,31)32/h4-5,7-10,16,21,24,26,35,37H,12-15H2,1-3H3/t16-,21+,24+,26-,27-,28+/m0/s1. The lowest BCUT2D eigenvalue weighted by Crippen LogP contribution is -2.79. The molecule has 2 bridgehead atoms. The van der Waals surface area contributed by atoms with Crippen molar-refractivity contribution in [1.29, 1.82) is 0 Å². The van der Waals surface area contributed by atoms with E-state index in [0.717, 1.165) is 29.8 Å². The average molecular weight is 527 g/mol. The highest BCUT2D eigenvalue weighted by Gasteiger charge is 2.74. The van der Waals surface area contributed by atoms with Gasteiger partial charge in [-0.3, -0.25) is 4.79 Å². The zero-order valence-electron chi connectivity index (χ0n) is 21.3. The molecule has 2 aromatic carbocycles. The summed E-state index contributed by atoms with van der Waals surface area (Å²) in [5, 5.41) is 23.1.